The monoisotopic (exact) mass is 267 g/mol. The van der Waals surface area contributed by atoms with Gasteiger partial charge in [0.2, 0.25) is 0 Å². The van der Waals surface area contributed by atoms with Crippen LogP contribution in [0.5, 0.6) is 0 Å². The van der Waals surface area contributed by atoms with Crippen LogP contribution in [-0.2, 0) is 6.42 Å². The summed E-state index contributed by atoms with van der Waals surface area (Å²) in [6.07, 6.45) is 6.67. The molecule has 3 heteroatoms. The predicted octanol–water partition coefficient (Wildman–Crippen LogP) is 5.05. The van der Waals surface area contributed by atoms with Crippen molar-refractivity contribution in [2.45, 2.75) is 45.4 Å². The van der Waals surface area contributed by atoms with Gasteiger partial charge in [-0.3, -0.25) is 0 Å². The Labute approximate surface area is 112 Å². The van der Waals surface area contributed by atoms with Crippen LogP contribution in [0.15, 0.2) is 12.1 Å². The molecule has 2 rings (SSSR count). The molecule has 0 amide bonds. The molecular weight excluding hydrogens is 250 g/mol. The maximum Gasteiger partial charge on any atom is 0.0931 e. The molecule has 0 saturated heterocycles. The van der Waals surface area contributed by atoms with Crippen LogP contribution in [0.3, 0.4) is 0 Å². The minimum absolute atomic E-state index is 0.125. The van der Waals surface area contributed by atoms with E-state index in [1.807, 2.05) is 6.07 Å². The Balaban J connectivity index is 2.04. The largest absolute Gasteiger partial charge is 0.198 e. The third kappa shape index (κ3) is 3.03. The lowest BCUT2D eigenvalue weighted by atomic mass is 9.69. The third-order valence-electron chi connectivity index (χ3n) is 4.02. The smallest absolute Gasteiger partial charge is 0.0931 e. The lowest BCUT2D eigenvalue weighted by molar-refractivity contribution is 0.206. The van der Waals surface area contributed by atoms with E-state index in [2.05, 4.69) is 19.1 Å². The van der Waals surface area contributed by atoms with Crippen molar-refractivity contribution < 1.29 is 0 Å². The van der Waals surface area contributed by atoms with Gasteiger partial charge in [0, 0.05) is 11.3 Å². The highest BCUT2D eigenvalue weighted by molar-refractivity contribution is 7.16. The molecule has 0 aliphatic heterocycles. The van der Waals surface area contributed by atoms with E-state index in [4.69, 9.17) is 11.6 Å². The normalized spacial score (nSPS) is 28.9. The first kappa shape index (κ1) is 12.9. The molecule has 17 heavy (non-hydrogen) atoms. The van der Waals surface area contributed by atoms with Gasteiger partial charge in [0.05, 0.1) is 15.8 Å². The van der Waals surface area contributed by atoms with E-state index >= 15 is 0 Å². The Morgan fingerprint density at radius 2 is 2.18 bits per heavy atom. The van der Waals surface area contributed by atoms with Gasteiger partial charge in [0.15, 0.2) is 0 Å². The van der Waals surface area contributed by atoms with E-state index in [1.165, 1.54) is 24.1 Å². The molecular formula is C14H18ClNS. The topological polar surface area (TPSA) is 23.8 Å². The second kappa shape index (κ2) is 5.42. The number of rotatable bonds is 3. The van der Waals surface area contributed by atoms with Crippen molar-refractivity contribution in [3.05, 3.63) is 21.3 Å². The van der Waals surface area contributed by atoms with Gasteiger partial charge in [-0.1, -0.05) is 24.9 Å². The minimum Gasteiger partial charge on any atom is -0.198 e. The van der Waals surface area contributed by atoms with Crippen LogP contribution in [0.1, 0.15) is 43.9 Å². The molecule has 1 aliphatic carbocycles. The third-order valence-corrected chi connectivity index (χ3v) is 5.25. The summed E-state index contributed by atoms with van der Waals surface area (Å²) in [5, 5.41) is 9.49. The zero-order chi connectivity index (χ0) is 12.3. The molecule has 1 heterocycles. The second-order valence-corrected chi connectivity index (χ2v) is 6.93. The van der Waals surface area contributed by atoms with Crippen molar-refractivity contribution in [2.75, 3.05) is 0 Å². The molecule has 1 nitrogen and oxygen atoms in total. The van der Waals surface area contributed by atoms with E-state index in [0.29, 0.717) is 0 Å². The highest BCUT2D eigenvalue weighted by atomic mass is 35.5. The Bertz CT molecular complexity index is 410. The predicted molar refractivity (Wildman–Crippen MR) is 73.3 cm³/mol. The molecule has 0 spiro atoms. The zero-order valence-electron chi connectivity index (χ0n) is 10.2. The van der Waals surface area contributed by atoms with Gasteiger partial charge in [-0.15, -0.1) is 11.3 Å². The van der Waals surface area contributed by atoms with Gasteiger partial charge in [0.1, 0.15) is 0 Å². The van der Waals surface area contributed by atoms with Crippen molar-refractivity contribution in [3.8, 4) is 6.07 Å². The maximum absolute atomic E-state index is 9.49. The fourth-order valence-corrected chi connectivity index (χ4v) is 3.98. The summed E-state index contributed by atoms with van der Waals surface area (Å²) in [4.78, 5) is 1.26. The summed E-state index contributed by atoms with van der Waals surface area (Å²) in [5.74, 6) is 0.836. The molecule has 0 atom stereocenters. The van der Waals surface area contributed by atoms with Gasteiger partial charge in [-0.25, -0.2) is 0 Å². The van der Waals surface area contributed by atoms with E-state index in [1.54, 1.807) is 11.3 Å². The number of hydrogen-bond acceptors (Lipinski definition) is 2. The highest BCUT2D eigenvalue weighted by Gasteiger charge is 2.35. The van der Waals surface area contributed by atoms with Gasteiger partial charge in [-0.2, -0.15) is 5.26 Å². The number of hydrogen-bond donors (Lipinski definition) is 0. The molecule has 0 radical (unpaired) electrons. The van der Waals surface area contributed by atoms with E-state index in [0.717, 1.165) is 29.5 Å². The van der Waals surface area contributed by atoms with Crippen LogP contribution >= 0.6 is 22.9 Å². The molecule has 1 fully saturated rings. The molecule has 0 unspecified atom stereocenters. The van der Waals surface area contributed by atoms with Crippen LogP contribution in [0.2, 0.25) is 4.34 Å². The van der Waals surface area contributed by atoms with Crippen LogP contribution in [0.4, 0.5) is 0 Å². The average Bonchev–Trinajstić information content (AvgIpc) is 2.75. The van der Waals surface area contributed by atoms with Crippen LogP contribution in [0, 0.1) is 22.7 Å². The summed E-state index contributed by atoms with van der Waals surface area (Å²) in [7, 11) is 0. The van der Waals surface area contributed by atoms with Crippen LogP contribution < -0.4 is 0 Å². The van der Waals surface area contributed by atoms with Crippen LogP contribution in [-0.4, -0.2) is 0 Å². The van der Waals surface area contributed by atoms with Crippen molar-refractivity contribution >= 4 is 22.9 Å². The maximum atomic E-state index is 9.49. The first-order valence-electron chi connectivity index (χ1n) is 6.33. The number of nitrogens with zero attached hydrogens (tertiary/aromatic N) is 1. The minimum atomic E-state index is -0.125. The summed E-state index contributed by atoms with van der Waals surface area (Å²) in [6, 6.07) is 6.59. The quantitative estimate of drug-likeness (QED) is 0.751. The fraction of sp³-hybridized carbons (Fsp3) is 0.643. The van der Waals surface area contributed by atoms with E-state index in [-0.39, 0.29) is 5.41 Å². The lowest BCUT2D eigenvalue weighted by Crippen LogP contribution is -2.27. The molecule has 92 valence electrons. The molecule has 1 aromatic heterocycles. The second-order valence-electron chi connectivity index (χ2n) is 5.13. The Morgan fingerprint density at radius 3 is 2.65 bits per heavy atom. The van der Waals surface area contributed by atoms with Gasteiger partial charge in [-0.05, 0) is 43.7 Å². The number of thiophene rings is 1. The van der Waals surface area contributed by atoms with Crippen molar-refractivity contribution in [2.24, 2.45) is 11.3 Å². The molecule has 0 N–H and O–H groups in total. The lowest BCUT2D eigenvalue weighted by Gasteiger charge is -2.34. The zero-order valence-corrected chi connectivity index (χ0v) is 11.8. The first-order valence-corrected chi connectivity index (χ1v) is 7.52. The van der Waals surface area contributed by atoms with Crippen molar-refractivity contribution in [1.29, 1.82) is 5.26 Å². The molecule has 0 aromatic carbocycles. The number of nitriles is 1. The Hall–Kier alpha value is -0.520. The van der Waals surface area contributed by atoms with E-state index in [9.17, 15) is 5.26 Å². The highest BCUT2D eigenvalue weighted by Crippen LogP contribution is 2.43. The van der Waals surface area contributed by atoms with Crippen LogP contribution in [0.25, 0.3) is 0 Å². The first-order chi connectivity index (χ1) is 8.17. The Kier molecular flexibility index (Phi) is 4.12. The summed E-state index contributed by atoms with van der Waals surface area (Å²) >= 11 is 7.56. The fourth-order valence-electron chi connectivity index (χ4n) is 2.75. The van der Waals surface area contributed by atoms with E-state index < -0.39 is 0 Å². The van der Waals surface area contributed by atoms with Gasteiger partial charge < -0.3 is 0 Å². The van der Waals surface area contributed by atoms with Gasteiger partial charge in [0.25, 0.3) is 0 Å². The molecule has 1 aliphatic rings. The average molecular weight is 268 g/mol. The number of halogens is 1. The van der Waals surface area contributed by atoms with Crippen molar-refractivity contribution in [1.82, 2.24) is 0 Å². The standard InChI is InChI=1S/C14H18ClNS/c1-2-11-5-7-14(10-16,8-6-11)9-12-3-4-13(15)17-12/h3-4,11H,2,5-9H2,1H3. The summed E-state index contributed by atoms with van der Waals surface area (Å²) < 4.78 is 0.829. The Morgan fingerprint density at radius 1 is 1.47 bits per heavy atom. The van der Waals surface area contributed by atoms with Crippen molar-refractivity contribution in [3.63, 3.8) is 0 Å². The molecule has 1 saturated carbocycles. The molecule has 1 aromatic rings. The SMILES string of the molecule is CCC1CCC(C#N)(Cc2ccc(Cl)s2)CC1. The summed E-state index contributed by atoms with van der Waals surface area (Å²) in [6.45, 7) is 2.25. The summed E-state index contributed by atoms with van der Waals surface area (Å²) in [5.41, 5.74) is -0.125. The van der Waals surface area contributed by atoms with Gasteiger partial charge >= 0.3 is 0 Å². The molecule has 0 bridgehead atoms.